The number of carbonyl (C=O) groups excluding carboxylic acids is 2. The van der Waals surface area contributed by atoms with Crippen LogP contribution in [0.3, 0.4) is 0 Å². The van der Waals surface area contributed by atoms with Crippen molar-refractivity contribution in [3.05, 3.63) is 46.8 Å². The molecule has 0 unspecified atom stereocenters. The van der Waals surface area contributed by atoms with Crippen molar-refractivity contribution in [2.45, 2.75) is 32.6 Å². The first kappa shape index (κ1) is 18.7. The molecule has 5 nitrogen and oxygen atoms in total. The van der Waals surface area contributed by atoms with Crippen LogP contribution in [-0.2, 0) is 20.7 Å². The molecule has 3 heterocycles. The van der Waals surface area contributed by atoms with Gasteiger partial charge in [0.1, 0.15) is 0 Å². The second-order valence-electron chi connectivity index (χ2n) is 7.25. The lowest BCUT2D eigenvalue weighted by molar-refractivity contribution is -0.151. The van der Waals surface area contributed by atoms with Crippen LogP contribution in [0.5, 0.6) is 0 Å². The zero-order valence-corrected chi connectivity index (χ0v) is 16.8. The summed E-state index contributed by atoms with van der Waals surface area (Å²) >= 11 is 1.67. The number of aromatic nitrogens is 1. The van der Waals surface area contributed by atoms with Gasteiger partial charge in [0.2, 0.25) is 0 Å². The third kappa shape index (κ3) is 3.97. The van der Waals surface area contributed by atoms with Crippen LogP contribution >= 0.6 is 11.3 Å². The van der Waals surface area contributed by atoms with Gasteiger partial charge in [-0.2, -0.15) is 0 Å². The summed E-state index contributed by atoms with van der Waals surface area (Å²) in [5.74, 6) is -0.417. The third-order valence-electron chi connectivity index (χ3n) is 5.22. The summed E-state index contributed by atoms with van der Waals surface area (Å²) in [6.07, 6.45) is 2.90. The van der Waals surface area contributed by atoms with E-state index in [9.17, 15) is 9.59 Å². The number of thiophene rings is 1. The number of esters is 1. The van der Waals surface area contributed by atoms with E-state index in [2.05, 4.69) is 36.2 Å². The summed E-state index contributed by atoms with van der Waals surface area (Å²) in [6, 6.07) is 10.4. The fourth-order valence-electron chi connectivity index (χ4n) is 3.75. The Morgan fingerprint density at radius 3 is 2.79 bits per heavy atom. The standard InChI is InChI=1S/C22H24N2O3S/c1-15-6-8-18-17(13-15)16(22(23-18)19-5-4-12-28-19)7-9-21(26)27-14-20(25)24-10-2-3-11-24/h4-6,8,12-13,23H,2-3,7,9-11,14H2,1H3. The molecule has 1 aliphatic heterocycles. The molecule has 2 aromatic heterocycles. The Kier molecular flexibility index (Phi) is 5.48. The van der Waals surface area contributed by atoms with E-state index in [1.54, 1.807) is 16.2 Å². The minimum Gasteiger partial charge on any atom is -0.456 e. The molecule has 146 valence electrons. The van der Waals surface area contributed by atoms with Gasteiger partial charge in [0.05, 0.1) is 10.6 Å². The topological polar surface area (TPSA) is 62.4 Å². The van der Waals surface area contributed by atoms with Crippen molar-refractivity contribution < 1.29 is 14.3 Å². The van der Waals surface area contributed by atoms with Gasteiger partial charge in [0, 0.05) is 30.4 Å². The van der Waals surface area contributed by atoms with Crippen LogP contribution in [0.15, 0.2) is 35.7 Å². The van der Waals surface area contributed by atoms with Gasteiger partial charge in [-0.15, -0.1) is 11.3 Å². The highest BCUT2D eigenvalue weighted by Gasteiger charge is 2.20. The van der Waals surface area contributed by atoms with E-state index in [4.69, 9.17) is 4.74 Å². The molecule has 1 aliphatic rings. The second kappa shape index (κ2) is 8.19. The average Bonchev–Trinajstić information content (AvgIpc) is 3.44. The predicted molar refractivity (Wildman–Crippen MR) is 111 cm³/mol. The molecule has 3 aromatic rings. The van der Waals surface area contributed by atoms with E-state index >= 15 is 0 Å². The van der Waals surface area contributed by atoms with Gasteiger partial charge in [-0.25, -0.2) is 0 Å². The number of rotatable bonds is 6. The number of aromatic amines is 1. The Labute approximate surface area is 168 Å². The number of hydrogen-bond acceptors (Lipinski definition) is 4. The van der Waals surface area contributed by atoms with Gasteiger partial charge in [-0.05, 0) is 55.3 Å². The number of nitrogens with zero attached hydrogens (tertiary/aromatic N) is 1. The van der Waals surface area contributed by atoms with Gasteiger partial charge >= 0.3 is 5.97 Å². The van der Waals surface area contributed by atoms with Gasteiger partial charge in [0.25, 0.3) is 5.91 Å². The lowest BCUT2D eigenvalue weighted by Gasteiger charge is -2.14. The normalized spacial score (nSPS) is 14.0. The van der Waals surface area contributed by atoms with Crippen molar-refractivity contribution in [1.82, 2.24) is 9.88 Å². The monoisotopic (exact) mass is 396 g/mol. The quantitative estimate of drug-likeness (QED) is 0.632. The number of H-pyrrole nitrogens is 1. The first-order chi connectivity index (χ1) is 13.6. The number of aryl methyl sites for hydroxylation is 2. The molecule has 0 radical (unpaired) electrons. The Bertz CT molecular complexity index is 985. The van der Waals surface area contributed by atoms with E-state index in [-0.39, 0.29) is 24.9 Å². The minimum absolute atomic E-state index is 0.0900. The Morgan fingerprint density at radius 2 is 2.04 bits per heavy atom. The lowest BCUT2D eigenvalue weighted by atomic mass is 10.0. The summed E-state index contributed by atoms with van der Waals surface area (Å²) < 4.78 is 5.24. The van der Waals surface area contributed by atoms with Gasteiger partial charge in [0.15, 0.2) is 6.61 Å². The minimum atomic E-state index is -0.327. The van der Waals surface area contributed by atoms with E-state index < -0.39 is 0 Å². The summed E-state index contributed by atoms with van der Waals surface area (Å²) in [6.45, 7) is 3.47. The maximum Gasteiger partial charge on any atom is 0.306 e. The van der Waals surface area contributed by atoms with Crippen molar-refractivity contribution in [2.24, 2.45) is 0 Å². The highest BCUT2D eigenvalue weighted by molar-refractivity contribution is 7.13. The third-order valence-corrected chi connectivity index (χ3v) is 6.11. The molecule has 1 fully saturated rings. The summed E-state index contributed by atoms with van der Waals surface area (Å²) in [5, 5.41) is 3.19. The number of likely N-dealkylation sites (tertiary alicyclic amines) is 1. The average molecular weight is 397 g/mol. The molecule has 1 aromatic carbocycles. The zero-order chi connectivity index (χ0) is 19.5. The highest BCUT2D eigenvalue weighted by atomic mass is 32.1. The molecule has 1 saturated heterocycles. The van der Waals surface area contributed by atoms with Gasteiger partial charge < -0.3 is 14.6 Å². The predicted octanol–water partition coefficient (Wildman–Crippen LogP) is 4.30. The lowest BCUT2D eigenvalue weighted by Crippen LogP contribution is -2.32. The summed E-state index contributed by atoms with van der Waals surface area (Å²) in [4.78, 5) is 30.7. The number of hydrogen-bond donors (Lipinski definition) is 1. The first-order valence-electron chi connectivity index (χ1n) is 9.70. The maximum atomic E-state index is 12.3. The molecule has 4 rings (SSSR count). The van der Waals surface area contributed by atoms with Crippen LogP contribution < -0.4 is 0 Å². The summed E-state index contributed by atoms with van der Waals surface area (Å²) in [5.41, 5.74) is 4.45. The van der Waals surface area contributed by atoms with Crippen LogP contribution in [0.25, 0.3) is 21.5 Å². The molecule has 0 atom stereocenters. The number of nitrogens with one attached hydrogen (secondary N) is 1. The van der Waals surface area contributed by atoms with Gasteiger partial charge in [-0.3, -0.25) is 9.59 Å². The van der Waals surface area contributed by atoms with E-state index in [0.29, 0.717) is 6.42 Å². The first-order valence-corrected chi connectivity index (χ1v) is 10.6. The van der Waals surface area contributed by atoms with Crippen LogP contribution in [0, 0.1) is 6.92 Å². The SMILES string of the molecule is Cc1ccc2[nH]c(-c3cccs3)c(CCC(=O)OCC(=O)N3CCCC3)c2c1. The van der Waals surface area contributed by atoms with E-state index in [1.165, 1.54) is 5.56 Å². The van der Waals surface area contributed by atoms with Crippen LogP contribution in [0.4, 0.5) is 0 Å². The Morgan fingerprint density at radius 1 is 1.21 bits per heavy atom. The number of fused-ring (bicyclic) bond motifs is 1. The molecule has 1 amide bonds. The molecular weight excluding hydrogens is 372 g/mol. The van der Waals surface area contributed by atoms with E-state index in [0.717, 1.165) is 53.0 Å². The molecule has 0 bridgehead atoms. The van der Waals surface area contributed by atoms with Gasteiger partial charge in [-0.1, -0.05) is 17.7 Å². The Hall–Kier alpha value is -2.60. The molecule has 28 heavy (non-hydrogen) atoms. The van der Waals surface area contributed by atoms with Crippen LogP contribution in [0.1, 0.15) is 30.4 Å². The van der Waals surface area contributed by atoms with Crippen molar-refractivity contribution >= 4 is 34.1 Å². The smallest absolute Gasteiger partial charge is 0.306 e. The fourth-order valence-corrected chi connectivity index (χ4v) is 4.50. The molecule has 1 N–H and O–H groups in total. The molecule has 0 spiro atoms. The fraction of sp³-hybridized carbons (Fsp3) is 0.364. The Balaban J connectivity index is 1.46. The maximum absolute atomic E-state index is 12.3. The molecule has 6 heteroatoms. The van der Waals surface area contributed by atoms with Crippen molar-refractivity contribution in [2.75, 3.05) is 19.7 Å². The molecular formula is C22H24N2O3S. The van der Waals surface area contributed by atoms with Crippen LogP contribution in [-0.4, -0.2) is 41.5 Å². The van der Waals surface area contributed by atoms with Crippen molar-refractivity contribution in [3.8, 4) is 10.6 Å². The number of amides is 1. The largest absolute Gasteiger partial charge is 0.456 e. The second-order valence-corrected chi connectivity index (χ2v) is 8.20. The summed E-state index contributed by atoms with van der Waals surface area (Å²) in [7, 11) is 0. The highest BCUT2D eigenvalue weighted by Crippen LogP contribution is 2.34. The number of carbonyl (C=O) groups is 2. The number of benzene rings is 1. The van der Waals surface area contributed by atoms with Crippen molar-refractivity contribution in [1.29, 1.82) is 0 Å². The van der Waals surface area contributed by atoms with E-state index in [1.807, 2.05) is 11.4 Å². The number of ether oxygens (including phenoxy) is 1. The van der Waals surface area contributed by atoms with Crippen LogP contribution in [0.2, 0.25) is 0 Å². The molecule has 0 saturated carbocycles. The van der Waals surface area contributed by atoms with Crippen molar-refractivity contribution in [3.63, 3.8) is 0 Å². The molecule has 0 aliphatic carbocycles. The zero-order valence-electron chi connectivity index (χ0n) is 16.0.